The predicted octanol–water partition coefficient (Wildman–Crippen LogP) is 3.47. The SMILES string of the molecule is COc1ccccc1COc1ccc(F)cc1[C@@H](C)O. The van der Waals surface area contributed by atoms with E-state index in [1.165, 1.54) is 18.2 Å². The molecule has 4 heteroatoms. The van der Waals surface area contributed by atoms with Crippen LogP contribution in [0, 0.1) is 5.82 Å². The van der Waals surface area contributed by atoms with Crippen LogP contribution in [0.5, 0.6) is 11.5 Å². The lowest BCUT2D eigenvalue weighted by Crippen LogP contribution is -2.03. The Morgan fingerprint density at radius 2 is 1.90 bits per heavy atom. The van der Waals surface area contributed by atoms with E-state index < -0.39 is 11.9 Å². The molecule has 0 aliphatic heterocycles. The lowest BCUT2D eigenvalue weighted by molar-refractivity contribution is 0.189. The Bertz CT molecular complexity index is 582. The number of halogens is 1. The quantitative estimate of drug-likeness (QED) is 0.908. The minimum atomic E-state index is -0.793. The average molecular weight is 276 g/mol. The fraction of sp³-hybridized carbons (Fsp3) is 0.250. The number of rotatable bonds is 5. The van der Waals surface area contributed by atoms with Crippen LogP contribution in [0.1, 0.15) is 24.2 Å². The van der Waals surface area contributed by atoms with Crippen LogP contribution in [0.2, 0.25) is 0 Å². The Morgan fingerprint density at radius 3 is 2.60 bits per heavy atom. The van der Waals surface area contributed by atoms with Crippen molar-refractivity contribution in [3.8, 4) is 11.5 Å². The third-order valence-electron chi connectivity index (χ3n) is 3.00. The second-order valence-corrected chi connectivity index (χ2v) is 4.46. The van der Waals surface area contributed by atoms with Crippen LogP contribution in [0.15, 0.2) is 42.5 Å². The summed E-state index contributed by atoms with van der Waals surface area (Å²) >= 11 is 0. The average Bonchev–Trinajstić information content (AvgIpc) is 2.46. The molecule has 3 nitrogen and oxygen atoms in total. The van der Waals surface area contributed by atoms with E-state index in [0.29, 0.717) is 11.3 Å². The first-order chi connectivity index (χ1) is 9.61. The highest BCUT2D eigenvalue weighted by atomic mass is 19.1. The molecule has 0 amide bonds. The van der Waals surface area contributed by atoms with Crippen LogP contribution >= 0.6 is 0 Å². The minimum absolute atomic E-state index is 0.287. The molecule has 0 saturated heterocycles. The maximum absolute atomic E-state index is 13.2. The van der Waals surface area contributed by atoms with Crippen molar-refractivity contribution in [2.24, 2.45) is 0 Å². The van der Waals surface area contributed by atoms with Crippen molar-refractivity contribution in [3.05, 3.63) is 59.4 Å². The van der Waals surface area contributed by atoms with E-state index in [1.54, 1.807) is 14.0 Å². The molecule has 0 aromatic heterocycles. The van der Waals surface area contributed by atoms with Gasteiger partial charge in [-0.15, -0.1) is 0 Å². The van der Waals surface area contributed by atoms with E-state index in [0.717, 1.165) is 11.3 Å². The van der Waals surface area contributed by atoms with Gasteiger partial charge in [0.15, 0.2) is 0 Å². The van der Waals surface area contributed by atoms with Gasteiger partial charge in [-0.2, -0.15) is 0 Å². The number of aliphatic hydroxyl groups is 1. The summed E-state index contributed by atoms with van der Waals surface area (Å²) in [7, 11) is 1.60. The molecule has 106 valence electrons. The van der Waals surface area contributed by atoms with Crippen LogP contribution in [-0.4, -0.2) is 12.2 Å². The van der Waals surface area contributed by atoms with Gasteiger partial charge in [0.05, 0.1) is 13.2 Å². The molecule has 0 aliphatic rings. The third kappa shape index (κ3) is 3.27. The zero-order chi connectivity index (χ0) is 14.5. The summed E-state index contributed by atoms with van der Waals surface area (Å²) in [6, 6.07) is 11.6. The number of hydrogen-bond acceptors (Lipinski definition) is 3. The topological polar surface area (TPSA) is 38.7 Å². The highest BCUT2D eigenvalue weighted by Crippen LogP contribution is 2.28. The van der Waals surface area contributed by atoms with Crippen molar-refractivity contribution in [1.82, 2.24) is 0 Å². The molecular weight excluding hydrogens is 259 g/mol. The monoisotopic (exact) mass is 276 g/mol. The summed E-state index contributed by atoms with van der Waals surface area (Å²) in [5.41, 5.74) is 1.32. The Morgan fingerprint density at radius 1 is 1.15 bits per heavy atom. The summed E-state index contributed by atoms with van der Waals surface area (Å²) in [6.07, 6.45) is -0.793. The van der Waals surface area contributed by atoms with E-state index in [2.05, 4.69) is 0 Å². The molecule has 0 saturated carbocycles. The Hall–Kier alpha value is -2.07. The molecular formula is C16H17FO3. The minimum Gasteiger partial charge on any atom is -0.496 e. The number of aliphatic hydroxyl groups excluding tert-OH is 1. The summed E-state index contributed by atoms with van der Waals surface area (Å²) in [5, 5.41) is 9.66. The van der Waals surface area contributed by atoms with Crippen LogP contribution in [0.4, 0.5) is 4.39 Å². The van der Waals surface area contributed by atoms with Gasteiger partial charge in [-0.05, 0) is 31.2 Å². The van der Waals surface area contributed by atoms with E-state index in [9.17, 15) is 9.50 Å². The van der Waals surface area contributed by atoms with Gasteiger partial charge >= 0.3 is 0 Å². The van der Waals surface area contributed by atoms with Gasteiger partial charge in [-0.3, -0.25) is 0 Å². The molecule has 0 bridgehead atoms. The molecule has 0 spiro atoms. The fourth-order valence-electron chi connectivity index (χ4n) is 1.95. The zero-order valence-corrected chi connectivity index (χ0v) is 11.5. The van der Waals surface area contributed by atoms with Crippen molar-refractivity contribution in [2.75, 3.05) is 7.11 Å². The predicted molar refractivity (Wildman–Crippen MR) is 74.4 cm³/mol. The van der Waals surface area contributed by atoms with E-state index in [4.69, 9.17) is 9.47 Å². The third-order valence-corrected chi connectivity index (χ3v) is 3.00. The molecule has 0 fully saturated rings. The van der Waals surface area contributed by atoms with Crippen molar-refractivity contribution in [3.63, 3.8) is 0 Å². The molecule has 1 N–H and O–H groups in total. The maximum Gasteiger partial charge on any atom is 0.125 e. The normalized spacial score (nSPS) is 12.0. The first kappa shape index (κ1) is 14.3. The van der Waals surface area contributed by atoms with Crippen LogP contribution < -0.4 is 9.47 Å². The van der Waals surface area contributed by atoms with E-state index >= 15 is 0 Å². The van der Waals surface area contributed by atoms with E-state index in [-0.39, 0.29) is 6.61 Å². The summed E-state index contributed by atoms with van der Waals surface area (Å²) in [6.45, 7) is 1.86. The smallest absolute Gasteiger partial charge is 0.125 e. The molecule has 0 unspecified atom stereocenters. The fourth-order valence-corrected chi connectivity index (χ4v) is 1.95. The molecule has 0 aliphatic carbocycles. The number of para-hydroxylation sites is 1. The lowest BCUT2D eigenvalue weighted by atomic mass is 10.1. The van der Waals surface area contributed by atoms with Gasteiger partial charge in [0.2, 0.25) is 0 Å². The van der Waals surface area contributed by atoms with Gasteiger partial charge in [0.25, 0.3) is 0 Å². The van der Waals surface area contributed by atoms with Crippen molar-refractivity contribution in [2.45, 2.75) is 19.6 Å². The van der Waals surface area contributed by atoms with Crippen molar-refractivity contribution >= 4 is 0 Å². The lowest BCUT2D eigenvalue weighted by Gasteiger charge is -2.14. The summed E-state index contributed by atoms with van der Waals surface area (Å²) in [5.74, 6) is 0.797. The molecule has 20 heavy (non-hydrogen) atoms. The summed E-state index contributed by atoms with van der Waals surface area (Å²) < 4.78 is 24.1. The Labute approximate surface area is 117 Å². The molecule has 0 radical (unpaired) electrons. The molecule has 1 atom stereocenters. The highest BCUT2D eigenvalue weighted by molar-refractivity contribution is 5.37. The van der Waals surface area contributed by atoms with Gasteiger partial charge in [0.1, 0.15) is 23.9 Å². The Kier molecular flexibility index (Phi) is 4.58. The second-order valence-electron chi connectivity index (χ2n) is 4.46. The second kappa shape index (κ2) is 6.39. The van der Waals surface area contributed by atoms with Gasteiger partial charge in [0, 0.05) is 11.1 Å². The molecule has 2 rings (SSSR count). The summed E-state index contributed by atoms with van der Waals surface area (Å²) in [4.78, 5) is 0. The van der Waals surface area contributed by atoms with Gasteiger partial charge in [-0.1, -0.05) is 18.2 Å². The number of methoxy groups -OCH3 is 1. The zero-order valence-electron chi connectivity index (χ0n) is 11.5. The Balaban J connectivity index is 2.19. The molecule has 2 aromatic rings. The number of ether oxygens (including phenoxy) is 2. The van der Waals surface area contributed by atoms with E-state index in [1.807, 2.05) is 24.3 Å². The van der Waals surface area contributed by atoms with Crippen LogP contribution in [0.25, 0.3) is 0 Å². The van der Waals surface area contributed by atoms with Crippen LogP contribution in [0.3, 0.4) is 0 Å². The number of hydrogen-bond donors (Lipinski definition) is 1. The first-order valence-electron chi connectivity index (χ1n) is 6.34. The van der Waals surface area contributed by atoms with Crippen molar-refractivity contribution in [1.29, 1.82) is 0 Å². The largest absolute Gasteiger partial charge is 0.496 e. The van der Waals surface area contributed by atoms with Crippen molar-refractivity contribution < 1.29 is 19.0 Å². The maximum atomic E-state index is 13.2. The van der Waals surface area contributed by atoms with Gasteiger partial charge in [-0.25, -0.2) is 4.39 Å². The molecule has 2 aromatic carbocycles. The first-order valence-corrected chi connectivity index (χ1v) is 6.34. The molecule has 0 heterocycles. The standard InChI is InChI=1S/C16H17FO3/c1-11(18)14-9-13(17)7-8-16(14)20-10-12-5-3-4-6-15(12)19-2/h3-9,11,18H,10H2,1-2H3/t11-/m1/s1. The van der Waals surface area contributed by atoms with Crippen LogP contribution in [-0.2, 0) is 6.61 Å². The van der Waals surface area contributed by atoms with Gasteiger partial charge < -0.3 is 14.6 Å². The number of benzene rings is 2. The highest BCUT2D eigenvalue weighted by Gasteiger charge is 2.11.